The summed E-state index contributed by atoms with van der Waals surface area (Å²) in [6.45, 7) is 0. The summed E-state index contributed by atoms with van der Waals surface area (Å²) in [5.41, 5.74) is 29.1. The molecule has 2 saturated heterocycles. The largest absolute Gasteiger partial charge is 0.458 e. The van der Waals surface area contributed by atoms with E-state index in [0.717, 1.165) is 22.3 Å². The normalized spacial score (nSPS) is 30.9. The van der Waals surface area contributed by atoms with Crippen molar-refractivity contribution >= 4 is 0 Å². The summed E-state index contributed by atoms with van der Waals surface area (Å²) in [5, 5.41) is 20.3. The van der Waals surface area contributed by atoms with E-state index >= 15 is 0 Å². The Morgan fingerprint density at radius 3 is 1.23 bits per heavy atom. The zero-order valence-corrected chi connectivity index (χ0v) is 23.2. The zero-order valence-electron chi connectivity index (χ0n) is 23.2. The third-order valence-electron chi connectivity index (χ3n) is 9.02. The molecule has 12 heteroatoms. The molecule has 0 aromatic heterocycles. The molecule has 3 aromatic carbocycles. The van der Waals surface area contributed by atoms with Gasteiger partial charge in [0.15, 0.2) is 12.5 Å². The summed E-state index contributed by atoms with van der Waals surface area (Å²) in [6.07, 6.45) is -1.08. The average Bonchev–Trinajstić information content (AvgIpc) is 3.65. The Morgan fingerprint density at radius 1 is 0.545 bits per heavy atom. The summed E-state index contributed by atoms with van der Waals surface area (Å²) < 4.78 is 39.2. The number of fused-ring (bicyclic) bond motifs is 2. The summed E-state index contributed by atoms with van der Waals surface area (Å²) in [4.78, 5) is 0. The molecule has 8 N–H and O–H groups in total. The minimum absolute atomic E-state index is 0.0388. The second-order valence-electron chi connectivity index (χ2n) is 11.3. The molecular weight excluding hydrogens is 566 g/mol. The van der Waals surface area contributed by atoms with Gasteiger partial charge in [0.05, 0.1) is 23.2 Å². The number of hydrogen-bond acceptors (Lipinski definition) is 10. The van der Waals surface area contributed by atoms with Gasteiger partial charge in [-0.2, -0.15) is 10.5 Å². The van der Waals surface area contributed by atoms with Crippen molar-refractivity contribution in [3.8, 4) is 12.1 Å². The summed E-state index contributed by atoms with van der Waals surface area (Å²) in [7, 11) is 0. The monoisotopic (exact) mass is 594 g/mol. The predicted octanol–water partition coefficient (Wildman–Crippen LogP) is 3.16. The molecule has 7 rings (SSSR count). The summed E-state index contributed by atoms with van der Waals surface area (Å²) in [6, 6.07) is 23.9. The van der Waals surface area contributed by atoms with Crippen LogP contribution in [-0.4, -0.2) is 12.5 Å². The number of halogens is 2. The van der Waals surface area contributed by atoms with Crippen LogP contribution in [0.2, 0.25) is 0 Å². The van der Waals surface area contributed by atoms with Crippen molar-refractivity contribution in [3.05, 3.63) is 130 Å². The van der Waals surface area contributed by atoms with Crippen molar-refractivity contribution in [1.29, 1.82) is 10.5 Å². The molecule has 3 aromatic rings. The van der Waals surface area contributed by atoms with Crippen molar-refractivity contribution < 1.29 is 18.3 Å². The van der Waals surface area contributed by atoms with Crippen molar-refractivity contribution in [2.45, 2.75) is 36.4 Å². The molecule has 4 heterocycles. The number of nitrogens with one attached hydrogen (secondary N) is 4. The van der Waals surface area contributed by atoms with Crippen LogP contribution >= 0.6 is 0 Å². The van der Waals surface area contributed by atoms with Gasteiger partial charge in [-0.25, -0.2) is 30.5 Å². The van der Waals surface area contributed by atoms with E-state index in [9.17, 15) is 19.3 Å². The number of rotatable bonds is 4. The summed E-state index contributed by atoms with van der Waals surface area (Å²) >= 11 is 0. The highest BCUT2D eigenvalue weighted by atomic mass is 19.1. The van der Waals surface area contributed by atoms with Crippen LogP contribution in [0.3, 0.4) is 0 Å². The maximum Gasteiger partial charge on any atom is 0.200 e. The highest BCUT2D eigenvalue weighted by molar-refractivity contribution is 5.47. The van der Waals surface area contributed by atoms with E-state index in [2.05, 4.69) is 33.8 Å². The first-order valence-corrected chi connectivity index (χ1v) is 14.1. The van der Waals surface area contributed by atoms with E-state index in [1.165, 1.54) is 24.3 Å². The van der Waals surface area contributed by atoms with E-state index in [0.29, 0.717) is 11.1 Å². The van der Waals surface area contributed by atoms with Crippen molar-refractivity contribution in [2.24, 2.45) is 23.3 Å². The van der Waals surface area contributed by atoms with Crippen LogP contribution < -0.4 is 33.2 Å². The lowest BCUT2D eigenvalue weighted by Gasteiger charge is -2.37. The molecule has 0 saturated carbocycles. The van der Waals surface area contributed by atoms with Crippen molar-refractivity contribution in [3.63, 3.8) is 0 Å². The lowest BCUT2D eigenvalue weighted by atomic mass is 9.72. The van der Waals surface area contributed by atoms with E-state index in [4.69, 9.17) is 20.9 Å². The third-order valence-corrected chi connectivity index (χ3v) is 9.02. The molecule has 10 nitrogen and oxygen atoms in total. The molecule has 0 amide bonds. The van der Waals surface area contributed by atoms with Gasteiger partial charge in [0.2, 0.25) is 11.8 Å². The van der Waals surface area contributed by atoms with E-state index in [-0.39, 0.29) is 47.3 Å². The molecule has 8 unspecified atom stereocenters. The molecular formula is C32H28F2N8O2. The second-order valence-corrected chi connectivity index (χ2v) is 11.3. The number of hydrazine groups is 2. The third kappa shape index (κ3) is 4.53. The Hall–Kier alpha value is -4.98. The number of allylic oxidation sites excluding steroid dienone is 2. The molecule has 4 aliphatic rings. The van der Waals surface area contributed by atoms with Gasteiger partial charge in [0.1, 0.15) is 23.8 Å². The number of nitriles is 2. The number of nitrogens with zero attached hydrogens (tertiary/aromatic N) is 2. The fourth-order valence-electron chi connectivity index (χ4n) is 7.01. The second kappa shape index (κ2) is 10.9. The minimum Gasteiger partial charge on any atom is -0.458 e. The first-order valence-electron chi connectivity index (χ1n) is 14.1. The quantitative estimate of drug-likeness (QED) is 0.264. The van der Waals surface area contributed by atoms with Crippen molar-refractivity contribution in [1.82, 2.24) is 21.7 Å². The molecule has 0 bridgehead atoms. The lowest BCUT2D eigenvalue weighted by Crippen LogP contribution is -2.41. The Morgan fingerprint density at radius 2 is 0.886 bits per heavy atom. The average molecular weight is 595 g/mol. The van der Waals surface area contributed by atoms with Gasteiger partial charge in [-0.1, -0.05) is 48.5 Å². The Kier molecular flexibility index (Phi) is 6.92. The number of hydrogen-bond donors (Lipinski definition) is 6. The molecule has 4 aliphatic heterocycles. The Balaban J connectivity index is 1.27. The maximum absolute atomic E-state index is 13.7. The van der Waals surface area contributed by atoms with Crippen LogP contribution in [-0.2, 0) is 9.47 Å². The van der Waals surface area contributed by atoms with Gasteiger partial charge >= 0.3 is 0 Å². The van der Waals surface area contributed by atoms with Gasteiger partial charge < -0.3 is 20.9 Å². The molecule has 44 heavy (non-hydrogen) atoms. The molecule has 0 aliphatic carbocycles. The van der Waals surface area contributed by atoms with Crippen LogP contribution in [0.1, 0.15) is 46.2 Å². The van der Waals surface area contributed by atoms with E-state index < -0.39 is 24.3 Å². The first kappa shape index (κ1) is 27.8. The first-order chi connectivity index (χ1) is 21.4. The van der Waals surface area contributed by atoms with E-state index in [1.807, 2.05) is 24.3 Å². The zero-order chi connectivity index (χ0) is 30.5. The number of benzene rings is 3. The van der Waals surface area contributed by atoms with Crippen LogP contribution in [0.4, 0.5) is 8.78 Å². The minimum atomic E-state index is -0.539. The van der Waals surface area contributed by atoms with Crippen LogP contribution in [0.5, 0.6) is 0 Å². The fourth-order valence-corrected chi connectivity index (χ4v) is 7.01. The standard InChI is InChI=1S/C32H28F2N8O2/c33-19-9-5-17(6-10-19)27-25-23(21(13-35)29(37)43-31(25)41-39-27)15-1-2-16(4-3-15)24-22(14-36)30(38)44-32-26(24)28(40-42-32)18-7-11-20(34)12-8-18/h1-12,23-28,31-32,39-42H,37-38H2. The smallest absolute Gasteiger partial charge is 0.200 e. The molecule has 8 atom stereocenters. The van der Waals surface area contributed by atoms with E-state index in [1.54, 1.807) is 24.3 Å². The van der Waals surface area contributed by atoms with Crippen molar-refractivity contribution in [2.75, 3.05) is 0 Å². The molecule has 0 spiro atoms. The van der Waals surface area contributed by atoms with Gasteiger partial charge in [-0.05, 0) is 46.5 Å². The Labute approximate surface area is 251 Å². The van der Waals surface area contributed by atoms with Gasteiger partial charge in [0.25, 0.3) is 0 Å². The van der Waals surface area contributed by atoms with Crippen LogP contribution in [0.15, 0.2) is 95.7 Å². The topological polar surface area (TPSA) is 166 Å². The SMILES string of the molecule is N#CC1=C(N)OC2NNC(c3ccc(F)cc3)C2C1c1ccc(C2C(C#N)=C(N)OC3NNC(c4ccc(F)cc4)C32)cc1. The molecule has 2 fully saturated rings. The number of nitrogens with two attached hydrogens (primary N) is 2. The maximum atomic E-state index is 13.7. The summed E-state index contributed by atoms with van der Waals surface area (Å²) in [5.74, 6) is -2.11. The highest BCUT2D eigenvalue weighted by Crippen LogP contribution is 2.50. The lowest BCUT2D eigenvalue weighted by molar-refractivity contribution is 0.0334. The predicted molar refractivity (Wildman–Crippen MR) is 153 cm³/mol. The van der Waals surface area contributed by atoms with Crippen LogP contribution in [0.25, 0.3) is 0 Å². The van der Waals surface area contributed by atoms with Crippen LogP contribution in [0, 0.1) is 46.1 Å². The highest BCUT2D eigenvalue weighted by Gasteiger charge is 2.51. The van der Waals surface area contributed by atoms with Gasteiger partial charge in [-0.3, -0.25) is 0 Å². The van der Waals surface area contributed by atoms with Gasteiger partial charge in [-0.15, -0.1) is 0 Å². The fraction of sp³-hybridized carbons (Fsp3) is 0.250. The Bertz CT molecular complexity index is 1600. The molecule has 222 valence electrons. The number of ether oxygens (including phenoxy) is 2. The van der Waals surface area contributed by atoms with Gasteiger partial charge in [0, 0.05) is 23.7 Å². The molecule has 0 radical (unpaired) electrons.